The topological polar surface area (TPSA) is 53.9 Å². The van der Waals surface area contributed by atoms with E-state index in [4.69, 9.17) is 0 Å². The fourth-order valence-electron chi connectivity index (χ4n) is 4.30. The van der Waals surface area contributed by atoms with Crippen LogP contribution in [0, 0.1) is 5.92 Å². The Hall–Kier alpha value is -1.10. The molecule has 0 unspecified atom stereocenters. The normalized spacial score (nSPS) is 27.0. The summed E-state index contributed by atoms with van der Waals surface area (Å²) in [6, 6.07) is 0.407. The molecule has 0 radical (unpaired) electrons. The average molecular weight is 308 g/mol. The molecule has 3 aliphatic rings. The van der Waals surface area contributed by atoms with Crippen LogP contribution in [-0.2, 0) is 9.59 Å². The van der Waals surface area contributed by atoms with Crippen LogP contribution in [0.1, 0.15) is 51.4 Å². The van der Waals surface area contributed by atoms with Crippen LogP contribution in [0.5, 0.6) is 0 Å². The molecule has 22 heavy (non-hydrogen) atoms. The van der Waals surface area contributed by atoms with E-state index in [0.717, 1.165) is 32.4 Å². The zero-order valence-electron chi connectivity index (χ0n) is 13.6. The molecule has 2 aliphatic heterocycles. The number of nitrogens with one attached hydrogen (secondary N) is 2. The van der Waals surface area contributed by atoms with Crippen molar-refractivity contribution in [3.63, 3.8) is 0 Å². The Bertz CT molecular complexity index is 401. The van der Waals surface area contributed by atoms with Crippen LogP contribution in [0.15, 0.2) is 0 Å². The van der Waals surface area contributed by atoms with E-state index < -0.39 is 0 Å². The summed E-state index contributed by atoms with van der Waals surface area (Å²) in [5.41, 5.74) is 0. The minimum Gasteiger partial charge on any atom is -0.356 e. The lowest BCUT2D eigenvalue weighted by molar-refractivity contribution is -0.887. The van der Waals surface area contributed by atoms with Crippen molar-refractivity contribution in [3.8, 4) is 0 Å². The molecule has 0 spiro atoms. The highest BCUT2D eigenvalue weighted by molar-refractivity contribution is 5.89. The third-order valence-corrected chi connectivity index (χ3v) is 5.61. The molecule has 0 bridgehead atoms. The lowest BCUT2D eigenvalue weighted by Crippen LogP contribution is -3.10. The smallest absolute Gasteiger partial charge is 0.225 e. The molecule has 1 saturated carbocycles. The van der Waals surface area contributed by atoms with Crippen molar-refractivity contribution in [3.05, 3.63) is 0 Å². The summed E-state index contributed by atoms with van der Waals surface area (Å²) in [6.45, 7) is 5.16. The zero-order valence-corrected chi connectivity index (χ0v) is 13.6. The van der Waals surface area contributed by atoms with E-state index in [0.29, 0.717) is 19.0 Å². The van der Waals surface area contributed by atoms with Gasteiger partial charge in [0.05, 0.1) is 25.6 Å². The molecule has 0 aromatic carbocycles. The predicted octanol–water partition coefficient (Wildman–Crippen LogP) is -0.0375. The Kier molecular flexibility index (Phi) is 5.34. The molecule has 2 N–H and O–H groups in total. The van der Waals surface area contributed by atoms with E-state index in [1.807, 2.05) is 4.90 Å². The second kappa shape index (κ2) is 7.44. The highest BCUT2D eigenvalue weighted by Crippen LogP contribution is 2.29. The highest BCUT2D eigenvalue weighted by Gasteiger charge is 2.38. The van der Waals surface area contributed by atoms with Gasteiger partial charge in [-0.3, -0.25) is 9.59 Å². The zero-order chi connectivity index (χ0) is 15.4. The number of hydrogen-bond acceptors (Lipinski definition) is 2. The molecule has 3 fully saturated rings. The molecule has 124 valence electrons. The summed E-state index contributed by atoms with van der Waals surface area (Å²) in [5.74, 6) is 0.158. The van der Waals surface area contributed by atoms with E-state index in [9.17, 15) is 9.59 Å². The van der Waals surface area contributed by atoms with Crippen molar-refractivity contribution in [2.45, 2.75) is 57.4 Å². The van der Waals surface area contributed by atoms with Gasteiger partial charge in [-0.2, -0.15) is 0 Å². The number of carbonyl (C=O) groups excluding carboxylic acids is 2. The number of rotatable bonds is 6. The molecule has 0 aromatic heterocycles. The predicted molar refractivity (Wildman–Crippen MR) is 84.5 cm³/mol. The van der Waals surface area contributed by atoms with Crippen LogP contribution in [-0.4, -0.2) is 55.5 Å². The van der Waals surface area contributed by atoms with Gasteiger partial charge in [0, 0.05) is 44.8 Å². The first kappa shape index (κ1) is 15.8. The van der Waals surface area contributed by atoms with Gasteiger partial charge < -0.3 is 15.1 Å². The van der Waals surface area contributed by atoms with Crippen molar-refractivity contribution in [2.24, 2.45) is 5.92 Å². The molecular weight excluding hydrogens is 278 g/mol. The number of quaternary nitrogens is 1. The van der Waals surface area contributed by atoms with Gasteiger partial charge in [0.25, 0.3) is 0 Å². The molecule has 2 amide bonds. The summed E-state index contributed by atoms with van der Waals surface area (Å²) in [6.07, 6.45) is 8.87. The Balaban J connectivity index is 1.36. The highest BCUT2D eigenvalue weighted by atomic mass is 16.2. The lowest BCUT2D eigenvalue weighted by atomic mass is 10.1. The SMILES string of the molecule is O=C(NCCC[NH+]1CCCC1)[C@H]1CC(=O)N(C2CCCC2)C1. The second-order valence-corrected chi connectivity index (χ2v) is 7.24. The fraction of sp³-hybridized carbons (Fsp3) is 0.882. The maximum Gasteiger partial charge on any atom is 0.225 e. The second-order valence-electron chi connectivity index (χ2n) is 7.24. The Morgan fingerprint density at radius 3 is 2.64 bits per heavy atom. The number of likely N-dealkylation sites (tertiary alicyclic amines) is 2. The molecule has 1 aliphatic carbocycles. The molecule has 2 saturated heterocycles. The molecule has 0 aromatic rings. The van der Waals surface area contributed by atoms with Crippen molar-refractivity contribution in [1.82, 2.24) is 10.2 Å². The third kappa shape index (κ3) is 3.80. The maximum atomic E-state index is 12.3. The van der Waals surface area contributed by atoms with Crippen molar-refractivity contribution < 1.29 is 14.5 Å². The van der Waals surface area contributed by atoms with Crippen molar-refractivity contribution >= 4 is 11.8 Å². The Morgan fingerprint density at radius 1 is 1.18 bits per heavy atom. The molecule has 3 rings (SSSR count). The van der Waals surface area contributed by atoms with Gasteiger partial charge in [0.2, 0.25) is 11.8 Å². The van der Waals surface area contributed by atoms with E-state index >= 15 is 0 Å². The Morgan fingerprint density at radius 2 is 1.91 bits per heavy atom. The molecule has 5 heteroatoms. The first-order valence-electron chi connectivity index (χ1n) is 9.15. The van der Waals surface area contributed by atoms with Gasteiger partial charge in [-0.15, -0.1) is 0 Å². The van der Waals surface area contributed by atoms with Gasteiger partial charge in [-0.25, -0.2) is 0 Å². The third-order valence-electron chi connectivity index (χ3n) is 5.61. The molecule has 5 nitrogen and oxygen atoms in total. The Labute approximate surface area is 133 Å². The van der Waals surface area contributed by atoms with Crippen molar-refractivity contribution in [2.75, 3.05) is 32.7 Å². The number of amides is 2. The number of hydrogen-bond donors (Lipinski definition) is 2. The first-order valence-corrected chi connectivity index (χ1v) is 9.15. The van der Waals surface area contributed by atoms with E-state index in [1.54, 1.807) is 4.90 Å². The fourth-order valence-corrected chi connectivity index (χ4v) is 4.30. The lowest BCUT2D eigenvalue weighted by Gasteiger charge is -2.23. The standard InChI is InChI=1S/C17H29N3O2/c21-16-12-14(13-20(16)15-6-1-2-7-15)17(22)18-8-5-11-19-9-3-4-10-19/h14-15H,1-13H2,(H,18,22)/p+1/t14-/m0/s1. The monoisotopic (exact) mass is 308 g/mol. The number of carbonyl (C=O) groups is 2. The summed E-state index contributed by atoms with van der Waals surface area (Å²) in [7, 11) is 0. The van der Waals surface area contributed by atoms with Gasteiger partial charge in [0.1, 0.15) is 0 Å². The quantitative estimate of drug-likeness (QED) is 0.677. The van der Waals surface area contributed by atoms with Gasteiger partial charge in [-0.1, -0.05) is 12.8 Å². The number of nitrogens with zero attached hydrogens (tertiary/aromatic N) is 1. The average Bonchev–Trinajstić information content (AvgIpc) is 3.24. The minimum absolute atomic E-state index is 0.0882. The van der Waals surface area contributed by atoms with Crippen LogP contribution in [0.4, 0.5) is 0 Å². The summed E-state index contributed by atoms with van der Waals surface area (Å²) >= 11 is 0. The van der Waals surface area contributed by atoms with Crippen LogP contribution in [0.2, 0.25) is 0 Å². The van der Waals surface area contributed by atoms with Gasteiger partial charge in [0.15, 0.2) is 0 Å². The molecular formula is C17H30N3O2+. The largest absolute Gasteiger partial charge is 0.356 e. The van der Waals surface area contributed by atoms with Gasteiger partial charge >= 0.3 is 0 Å². The van der Waals surface area contributed by atoms with Crippen LogP contribution < -0.4 is 10.2 Å². The summed E-state index contributed by atoms with van der Waals surface area (Å²) in [4.78, 5) is 28.0. The summed E-state index contributed by atoms with van der Waals surface area (Å²) < 4.78 is 0. The van der Waals surface area contributed by atoms with Gasteiger partial charge in [-0.05, 0) is 12.8 Å². The van der Waals surface area contributed by atoms with Crippen LogP contribution in [0.25, 0.3) is 0 Å². The molecule has 1 atom stereocenters. The van der Waals surface area contributed by atoms with Crippen LogP contribution in [0.3, 0.4) is 0 Å². The van der Waals surface area contributed by atoms with E-state index in [-0.39, 0.29) is 17.7 Å². The first-order chi connectivity index (χ1) is 10.7. The van der Waals surface area contributed by atoms with Crippen LogP contribution >= 0.6 is 0 Å². The van der Waals surface area contributed by atoms with E-state index in [1.165, 1.54) is 38.8 Å². The maximum absolute atomic E-state index is 12.3. The molecule has 2 heterocycles. The van der Waals surface area contributed by atoms with E-state index in [2.05, 4.69) is 5.32 Å². The summed E-state index contributed by atoms with van der Waals surface area (Å²) in [5, 5.41) is 3.05. The van der Waals surface area contributed by atoms with Crippen molar-refractivity contribution in [1.29, 1.82) is 0 Å². The minimum atomic E-state index is -0.118.